The zero-order valence-corrected chi connectivity index (χ0v) is 15.4. The van der Waals surface area contributed by atoms with Crippen LogP contribution < -0.4 is 0 Å². The van der Waals surface area contributed by atoms with Gasteiger partial charge in [0.05, 0.1) is 0 Å². The smallest absolute Gasteiger partial charge is 0.445 e. The summed E-state index contributed by atoms with van der Waals surface area (Å²) in [6.45, 7) is 1.16. The Labute approximate surface area is 160 Å². The van der Waals surface area contributed by atoms with Gasteiger partial charge in [0.2, 0.25) is 0 Å². The Hall–Kier alpha value is -2.15. The first-order valence-electron chi connectivity index (χ1n) is 8.72. The number of likely N-dealkylation sites (tertiary alicyclic amines) is 1. The molecule has 0 radical (unpaired) electrons. The maximum Gasteiger partial charge on any atom is 0.446 e. The van der Waals surface area contributed by atoms with Crippen LogP contribution in [0.3, 0.4) is 0 Å². The molecule has 0 atom stereocenters. The fourth-order valence-corrected chi connectivity index (χ4v) is 3.97. The Bertz CT molecular complexity index is 759. The standard InChI is InChI=1S/C20H20F3NO2S/c21-20(22,23)27-18-9-5-4-8-17(18)16-10-12-24(13-11-16)19(25)26-14-15-6-2-1-3-7-15/h1-9,16H,10-14H2. The first kappa shape index (κ1) is 19.6. The Morgan fingerprint density at radius 2 is 1.67 bits per heavy atom. The van der Waals surface area contributed by atoms with E-state index in [1.54, 1.807) is 23.1 Å². The fourth-order valence-electron chi connectivity index (χ4n) is 3.22. The number of amides is 1. The van der Waals surface area contributed by atoms with Gasteiger partial charge in [0.1, 0.15) is 6.61 Å². The van der Waals surface area contributed by atoms with Crippen molar-refractivity contribution in [3.8, 4) is 0 Å². The van der Waals surface area contributed by atoms with Crippen LogP contribution in [-0.4, -0.2) is 29.6 Å². The first-order valence-corrected chi connectivity index (χ1v) is 9.54. The van der Waals surface area contributed by atoms with Crippen molar-refractivity contribution in [2.45, 2.75) is 35.8 Å². The van der Waals surface area contributed by atoms with Gasteiger partial charge in [-0.15, -0.1) is 0 Å². The predicted molar refractivity (Wildman–Crippen MR) is 98.5 cm³/mol. The van der Waals surface area contributed by atoms with Crippen molar-refractivity contribution in [3.63, 3.8) is 0 Å². The number of nitrogens with zero attached hydrogens (tertiary/aromatic N) is 1. The third-order valence-electron chi connectivity index (χ3n) is 4.54. The average Bonchev–Trinajstić information content (AvgIpc) is 2.66. The van der Waals surface area contributed by atoms with E-state index in [1.165, 1.54) is 6.07 Å². The van der Waals surface area contributed by atoms with Gasteiger partial charge in [0.15, 0.2) is 0 Å². The van der Waals surface area contributed by atoms with Crippen LogP contribution in [0.25, 0.3) is 0 Å². The minimum absolute atomic E-state index is 0.00854. The van der Waals surface area contributed by atoms with Crippen molar-refractivity contribution < 1.29 is 22.7 Å². The van der Waals surface area contributed by atoms with Gasteiger partial charge in [-0.2, -0.15) is 13.2 Å². The molecule has 144 valence electrons. The van der Waals surface area contributed by atoms with Crippen LogP contribution in [0.1, 0.15) is 29.9 Å². The van der Waals surface area contributed by atoms with E-state index < -0.39 is 5.51 Å². The maximum atomic E-state index is 12.8. The summed E-state index contributed by atoms with van der Waals surface area (Å²) in [5.74, 6) is 0.00854. The number of carbonyl (C=O) groups is 1. The number of thioether (sulfide) groups is 1. The normalized spacial score (nSPS) is 15.6. The van der Waals surface area contributed by atoms with Crippen molar-refractivity contribution >= 4 is 17.9 Å². The highest BCUT2D eigenvalue weighted by atomic mass is 32.2. The molecule has 2 aromatic carbocycles. The van der Waals surface area contributed by atoms with Crippen LogP contribution in [-0.2, 0) is 11.3 Å². The molecule has 0 unspecified atom stereocenters. The van der Waals surface area contributed by atoms with Gasteiger partial charge in [-0.3, -0.25) is 0 Å². The molecular weight excluding hydrogens is 375 g/mol. The number of alkyl halides is 3. The van der Waals surface area contributed by atoms with E-state index in [9.17, 15) is 18.0 Å². The van der Waals surface area contributed by atoms with E-state index in [0.29, 0.717) is 31.5 Å². The number of ether oxygens (including phenoxy) is 1. The molecule has 0 N–H and O–H groups in total. The fraction of sp³-hybridized carbons (Fsp3) is 0.350. The monoisotopic (exact) mass is 395 g/mol. The van der Waals surface area contributed by atoms with Crippen LogP contribution in [0, 0.1) is 0 Å². The second-order valence-electron chi connectivity index (χ2n) is 6.39. The third-order valence-corrected chi connectivity index (χ3v) is 5.37. The molecule has 2 aromatic rings. The molecule has 27 heavy (non-hydrogen) atoms. The summed E-state index contributed by atoms with van der Waals surface area (Å²) in [5.41, 5.74) is -2.69. The zero-order chi connectivity index (χ0) is 19.3. The molecule has 0 bridgehead atoms. The Balaban J connectivity index is 1.55. The Morgan fingerprint density at radius 1 is 1.04 bits per heavy atom. The van der Waals surface area contributed by atoms with Gasteiger partial charge < -0.3 is 9.64 Å². The highest BCUT2D eigenvalue weighted by Crippen LogP contribution is 2.42. The van der Waals surface area contributed by atoms with Crippen LogP contribution in [0.4, 0.5) is 18.0 Å². The largest absolute Gasteiger partial charge is 0.446 e. The number of rotatable bonds is 4. The lowest BCUT2D eigenvalue weighted by Gasteiger charge is -2.32. The summed E-state index contributed by atoms with van der Waals surface area (Å²) in [5, 5.41) is 0. The van der Waals surface area contributed by atoms with Crippen molar-refractivity contribution in [1.82, 2.24) is 4.90 Å². The molecule has 0 saturated carbocycles. The van der Waals surface area contributed by atoms with Gasteiger partial charge in [0.25, 0.3) is 0 Å². The zero-order valence-electron chi connectivity index (χ0n) is 14.6. The second-order valence-corrected chi connectivity index (χ2v) is 7.49. The van der Waals surface area contributed by atoms with E-state index in [0.717, 1.165) is 5.56 Å². The van der Waals surface area contributed by atoms with Gasteiger partial charge in [-0.05, 0) is 47.7 Å². The topological polar surface area (TPSA) is 29.5 Å². The molecule has 3 rings (SSSR count). The molecule has 1 heterocycles. The summed E-state index contributed by atoms with van der Waals surface area (Å²) in [6.07, 6.45) is 0.862. The van der Waals surface area contributed by atoms with Gasteiger partial charge in [-0.25, -0.2) is 4.79 Å². The van der Waals surface area contributed by atoms with Crippen LogP contribution >= 0.6 is 11.8 Å². The molecule has 1 fully saturated rings. The first-order chi connectivity index (χ1) is 12.9. The molecule has 1 aliphatic rings. The second kappa shape index (κ2) is 8.69. The summed E-state index contributed by atoms with van der Waals surface area (Å²) in [4.78, 5) is 14.1. The molecule has 0 spiro atoms. The van der Waals surface area contributed by atoms with Crippen molar-refractivity contribution in [2.24, 2.45) is 0 Å². The number of carbonyl (C=O) groups excluding carboxylic acids is 1. The number of halogens is 3. The summed E-state index contributed by atoms with van der Waals surface area (Å²) in [7, 11) is 0. The lowest BCUT2D eigenvalue weighted by atomic mass is 9.89. The minimum Gasteiger partial charge on any atom is -0.445 e. The summed E-state index contributed by atoms with van der Waals surface area (Å²) in [6, 6.07) is 16.1. The van der Waals surface area contributed by atoms with Crippen molar-refractivity contribution in [1.29, 1.82) is 0 Å². The molecule has 0 aliphatic carbocycles. The van der Waals surface area contributed by atoms with Gasteiger partial charge >= 0.3 is 11.6 Å². The van der Waals surface area contributed by atoms with E-state index in [-0.39, 0.29) is 35.3 Å². The molecular formula is C20H20F3NO2S. The van der Waals surface area contributed by atoms with Crippen LogP contribution in [0.2, 0.25) is 0 Å². The van der Waals surface area contributed by atoms with Gasteiger partial charge in [0, 0.05) is 18.0 Å². The average molecular weight is 395 g/mol. The molecule has 1 saturated heterocycles. The van der Waals surface area contributed by atoms with Crippen LogP contribution in [0.5, 0.6) is 0 Å². The Morgan fingerprint density at radius 3 is 2.33 bits per heavy atom. The highest BCUT2D eigenvalue weighted by molar-refractivity contribution is 8.00. The molecule has 3 nitrogen and oxygen atoms in total. The summed E-state index contributed by atoms with van der Waals surface area (Å²) < 4.78 is 43.7. The SMILES string of the molecule is O=C(OCc1ccccc1)N1CCC(c2ccccc2SC(F)(F)F)CC1. The number of piperidine rings is 1. The quantitative estimate of drug-likeness (QED) is 0.612. The molecule has 0 aromatic heterocycles. The van der Waals surface area contributed by atoms with E-state index in [4.69, 9.17) is 4.74 Å². The minimum atomic E-state index is -4.31. The van der Waals surface area contributed by atoms with Gasteiger partial charge in [-0.1, -0.05) is 48.5 Å². The van der Waals surface area contributed by atoms with Crippen LogP contribution in [0.15, 0.2) is 59.5 Å². The number of hydrogen-bond donors (Lipinski definition) is 0. The van der Waals surface area contributed by atoms with Crippen molar-refractivity contribution in [2.75, 3.05) is 13.1 Å². The van der Waals surface area contributed by atoms with E-state index >= 15 is 0 Å². The Kier molecular flexibility index (Phi) is 6.31. The molecule has 7 heteroatoms. The predicted octanol–water partition coefficient (Wildman–Crippen LogP) is 5.81. The summed E-state index contributed by atoms with van der Waals surface area (Å²) >= 11 is -0.0714. The number of hydrogen-bond acceptors (Lipinski definition) is 3. The molecule has 1 aliphatic heterocycles. The number of benzene rings is 2. The lowest BCUT2D eigenvalue weighted by molar-refractivity contribution is -0.0328. The molecule has 1 amide bonds. The third kappa shape index (κ3) is 5.66. The van der Waals surface area contributed by atoms with E-state index in [2.05, 4.69) is 0 Å². The van der Waals surface area contributed by atoms with E-state index in [1.807, 2.05) is 30.3 Å². The highest BCUT2D eigenvalue weighted by Gasteiger charge is 2.32. The maximum absolute atomic E-state index is 12.8. The van der Waals surface area contributed by atoms with Crippen molar-refractivity contribution in [3.05, 3.63) is 65.7 Å². The lowest BCUT2D eigenvalue weighted by Crippen LogP contribution is -2.38.